The SMILES string of the molecule is CCOc1ccc(NC(=O)c2cccnc2Br)cc1Cl. The number of halogens is 2. The average Bonchev–Trinajstić information content (AvgIpc) is 2.42. The number of carbonyl (C=O) groups excluding carboxylic acids is 1. The van der Waals surface area contributed by atoms with Crippen molar-refractivity contribution in [3.8, 4) is 5.75 Å². The molecule has 2 aromatic rings. The molecule has 20 heavy (non-hydrogen) atoms. The van der Waals surface area contributed by atoms with Crippen LogP contribution in [0.3, 0.4) is 0 Å². The molecule has 0 saturated carbocycles. The van der Waals surface area contributed by atoms with Gasteiger partial charge in [-0.2, -0.15) is 0 Å². The Morgan fingerprint density at radius 2 is 2.25 bits per heavy atom. The second-order valence-corrected chi connectivity index (χ2v) is 5.03. The average molecular weight is 356 g/mol. The van der Waals surface area contributed by atoms with E-state index in [1.807, 2.05) is 6.92 Å². The third-order valence-corrected chi connectivity index (χ3v) is 3.42. The zero-order chi connectivity index (χ0) is 14.5. The van der Waals surface area contributed by atoms with Crippen molar-refractivity contribution in [2.45, 2.75) is 6.92 Å². The van der Waals surface area contributed by atoms with Gasteiger partial charge in [0.15, 0.2) is 0 Å². The van der Waals surface area contributed by atoms with Crippen LogP contribution < -0.4 is 10.1 Å². The van der Waals surface area contributed by atoms with Gasteiger partial charge in [-0.1, -0.05) is 11.6 Å². The van der Waals surface area contributed by atoms with E-state index in [-0.39, 0.29) is 5.91 Å². The second-order valence-electron chi connectivity index (χ2n) is 3.87. The second kappa shape index (κ2) is 6.72. The number of aromatic nitrogens is 1. The van der Waals surface area contributed by atoms with Gasteiger partial charge in [-0.15, -0.1) is 0 Å². The number of amides is 1. The number of carbonyl (C=O) groups is 1. The molecule has 6 heteroatoms. The van der Waals surface area contributed by atoms with Crippen LogP contribution in [0.1, 0.15) is 17.3 Å². The first-order valence-electron chi connectivity index (χ1n) is 5.96. The summed E-state index contributed by atoms with van der Waals surface area (Å²) >= 11 is 9.31. The van der Waals surface area contributed by atoms with E-state index in [0.29, 0.717) is 33.2 Å². The summed E-state index contributed by atoms with van der Waals surface area (Å²) < 4.78 is 5.83. The molecular formula is C14H12BrClN2O2. The molecule has 0 aliphatic rings. The Labute approximate surface area is 130 Å². The number of anilines is 1. The maximum absolute atomic E-state index is 12.1. The molecule has 2 rings (SSSR count). The lowest BCUT2D eigenvalue weighted by atomic mass is 10.2. The van der Waals surface area contributed by atoms with Crippen molar-refractivity contribution < 1.29 is 9.53 Å². The van der Waals surface area contributed by atoms with Gasteiger partial charge >= 0.3 is 0 Å². The Kier molecular flexibility index (Phi) is 4.98. The van der Waals surface area contributed by atoms with Crippen LogP contribution in [0.25, 0.3) is 0 Å². The van der Waals surface area contributed by atoms with E-state index in [1.165, 1.54) is 0 Å². The monoisotopic (exact) mass is 354 g/mol. The van der Waals surface area contributed by atoms with Crippen molar-refractivity contribution in [3.63, 3.8) is 0 Å². The number of nitrogens with one attached hydrogen (secondary N) is 1. The van der Waals surface area contributed by atoms with Gasteiger partial charge in [0.2, 0.25) is 0 Å². The van der Waals surface area contributed by atoms with Crippen molar-refractivity contribution in [1.82, 2.24) is 4.98 Å². The number of benzene rings is 1. The Balaban J connectivity index is 2.16. The van der Waals surface area contributed by atoms with E-state index >= 15 is 0 Å². The van der Waals surface area contributed by atoms with Crippen molar-refractivity contribution in [2.75, 3.05) is 11.9 Å². The number of ether oxygens (including phenoxy) is 1. The summed E-state index contributed by atoms with van der Waals surface area (Å²) in [7, 11) is 0. The normalized spacial score (nSPS) is 10.2. The lowest BCUT2D eigenvalue weighted by molar-refractivity contribution is 0.102. The Hall–Kier alpha value is -1.59. The summed E-state index contributed by atoms with van der Waals surface area (Å²) in [5, 5.41) is 3.21. The van der Waals surface area contributed by atoms with Crippen LogP contribution in [0.15, 0.2) is 41.1 Å². The first kappa shape index (κ1) is 14.8. The van der Waals surface area contributed by atoms with Gasteiger partial charge in [0.1, 0.15) is 10.4 Å². The predicted octanol–water partition coefficient (Wildman–Crippen LogP) is 4.15. The van der Waals surface area contributed by atoms with Crippen LogP contribution in [-0.2, 0) is 0 Å². The fourth-order valence-electron chi connectivity index (χ4n) is 1.60. The highest BCUT2D eigenvalue weighted by atomic mass is 79.9. The zero-order valence-electron chi connectivity index (χ0n) is 10.7. The van der Waals surface area contributed by atoms with Gasteiger partial charge in [-0.3, -0.25) is 4.79 Å². The summed E-state index contributed by atoms with van der Waals surface area (Å²) in [5.41, 5.74) is 1.05. The Bertz CT molecular complexity index is 634. The third kappa shape index (κ3) is 3.49. The third-order valence-electron chi connectivity index (χ3n) is 2.49. The summed E-state index contributed by atoms with van der Waals surface area (Å²) in [6.07, 6.45) is 1.61. The van der Waals surface area contributed by atoms with Crippen LogP contribution in [0.5, 0.6) is 5.75 Å². The molecule has 1 heterocycles. The van der Waals surface area contributed by atoms with Gasteiger partial charge in [-0.05, 0) is 53.2 Å². The molecule has 0 saturated heterocycles. The Morgan fingerprint density at radius 3 is 2.90 bits per heavy atom. The predicted molar refractivity (Wildman–Crippen MR) is 82.5 cm³/mol. The van der Waals surface area contributed by atoms with E-state index in [4.69, 9.17) is 16.3 Å². The fourth-order valence-corrected chi connectivity index (χ4v) is 2.27. The van der Waals surface area contributed by atoms with E-state index in [0.717, 1.165) is 0 Å². The van der Waals surface area contributed by atoms with Gasteiger partial charge in [0, 0.05) is 11.9 Å². The molecule has 0 spiro atoms. The smallest absolute Gasteiger partial charge is 0.258 e. The van der Waals surface area contributed by atoms with Crippen molar-refractivity contribution in [1.29, 1.82) is 0 Å². The van der Waals surface area contributed by atoms with E-state index in [1.54, 1.807) is 36.5 Å². The first-order valence-corrected chi connectivity index (χ1v) is 7.13. The summed E-state index contributed by atoms with van der Waals surface area (Å²) in [5.74, 6) is 0.333. The van der Waals surface area contributed by atoms with Crippen LogP contribution in [0.2, 0.25) is 5.02 Å². The number of nitrogens with zero attached hydrogens (tertiary/aromatic N) is 1. The van der Waals surface area contributed by atoms with E-state index in [9.17, 15) is 4.79 Å². The highest BCUT2D eigenvalue weighted by molar-refractivity contribution is 9.10. The maximum Gasteiger partial charge on any atom is 0.258 e. The lowest BCUT2D eigenvalue weighted by Crippen LogP contribution is -2.13. The van der Waals surface area contributed by atoms with Gasteiger partial charge in [0.25, 0.3) is 5.91 Å². The molecule has 1 N–H and O–H groups in total. The van der Waals surface area contributed by atoms with Gasteiger partial charge < -0.3 is 10.1 Å². The van der Waals surface area contributed by atoms with E-state index < -0.39 is 0 Å². The molecular weight excluding hydrogens is 344 g/mol. The molecule has 104 valence electrons. The fraction of sp³-hybridized carbons (Fsp3) is 0.143. The van der Waals surface area contributed by atoms with Crippen molar-refractivity contribution >= 4 is 39.1 Å². The van der Waals surface area contributed by atoms with Crippen LogP contribution in [-0.4, -0.2) is 17.5 Å². The number of hydrogen-bond donors (Lipinski definition) is 1. The molecule has 0 aliphatic carbocycles. The standard InChI is InChI=1S/C14H12BrClN2O2/c1-2-20-12-6-5-9(8-11(12)16)18-14(19)10-4-3-7-17-13(10)15/h3-8H,2H2,1H3,(H,18,19). The summed E-state index contributed by atoms with van der Waals surface area (Å²) in [6.45, 7) is 2.42. The minimum atomic E-state index is -0.259. The molecule has 1 amide bonds. The largest absolute Gasteiger partial charge is 0.492 e. The highest BCUT2D eigenvalue weighted by Crippen LogP contribution is 2.28. The van der Waals surface area contributed by atoms with Crippen LogP contribution in [0, 0.1) is 0 Å². The Morgan fingerprint density at radius 1 is 1.45 bits per heavy atom. The zero-order valence-corrected chi connectivity index (χ0v) is 13.0. The summed E-state index contributed by atoms with van der Waals surface area (Å²) in [4.78, 5) is 16.1. The maximum atomic E-state index is 12.1. The van der Waals surface area contributed by atoms with Gasteiger partial charge in [0.05, 0.1) is 17.2 Å². The molecule has 1 aromatic carbocycles. The molecule has 1 aromatic heterocycles. The number of pyridine rings is 1. The first-order chi connectivity index (χ1) is 9.61. The van der Waals surface area contributed by atoms with Crippen molar-refractivity contribution in [3.05, 3.63) is 51.7 Å². The number of rotatable bonds is 4. The minimum Gasteiger partial charge on any atom is -0.492 e. The molecule has 4 nitrogen and oxygen atoms in total. The minimum absolute atomic E-state index is 0.259. The van der Waals surface area contributed by atoms with E-state index in [2.05, 4.69) is 26.2 Å². The van der Waals surface area contributed by atoms with Crippen LogP contribution >= 0.6 is 27.5 Å². The molecule has 0 aliphatic heterocycles. The lowest BCUT2D eigenvalue weighted by Gasteiger charge is -2.09. The molecule has 0 bridgehead atoms. The molecule has 0 unspecified atom stereocenters. The molecule has 0 atom stereocenters. The number of hydrogen-bond acceptors (Lipinski definition) is 3. The molecule has 0 radical (unpaired) electrons. The quantitative estimate of drug-likeness (QED) is 0.838. The highest BCUT2D eigenvalue weighted by Gasteiger charge is 2.11. The topological polar surface area (TPSA) is 51.2 Å². The molecule has 0 fully saturated rings. The van der Waals surface area contributed by atoms with Crippen molar-refractivity contribution in [2.24, 2.45) is 0 Å². The van der Waals surface area contributed by atoms with Crippen LogP contribution in [0.4, 0.5) is 5.69 Å². The summed E-state index contributed by atoms with van der Waals surface area (Å²) in [6, 6.07) is 8.49. The van der Waals surface area contributed by atoms with Gasteiger partial charge in [-0.25, -0.2) is 4.98 Å².